The second-order valence-corrected chi connectivity index (χ2v) is 5.08. The number of hydrogen-bond donors (Lipinski definition) is 2. The molecule has 1 atom stereocenters. The molecule has 0 radical (unpaired) electrons. The van der Waals surface area contributed by atoms with Crippen LogP contribution in [-0.4, -0.2) is 31.7 Å². The summed E-state index contributed by atoms with van der Waals surface area (Å²) in [4.78, 5) is 14.0. The number of aliphatic hydroxyl groups excluding tert-OH is 1. The van der Waals surface area contributed by atoms with E-state index >= 15 is 0 Å². The number of hydrogen-bond acceptors (Lipinski definition) is 3. The third kappa shape index (κ3) is 4.07. The van der Waals surface area contributed by atoms with Gasteiger partial charge in [-0.1, -0.05) is 30.3 Å². The van der Waals surface area contributed by atoms with Crippen LogP contribution in [0.5, 0.6) is 0 Å². The van der Waals surface area contributed by atoms with Gasteiger partial charge < -0.3 is 15.3 Å². The van der Waals surface area contributed by atoms with Gasteiger partial charge in [0.2, 0.25) is 0 Å². The molecule has 0 aliphatic rings. The van der Waals surface area contributed by atoms with Crippen LogP contribution >= 0.6 is 0 Å². The van der Waals surface area contributed by atoms with Crippen molar-refractivity contribution in [3.05, 3.63) is 65.7 Å². The molecule has 110 valence electrons. The highest BCUT2D eigenvalue weighted by molar-refractivity contribution is 5.94. The average molecular weight is 284 g/mol. The predicted molar refractivity (Wildman–Crippen MR) is 84.5 cm³/mol. The molecule has 0 aliphatic heterocycles. The molecule has 4 heteroatoms. The number of nitrogens with zero attached hydrogens (tertiary/aromatic N) is 1. The van der Waals surface area contributed by atoms with E-state index in [9.17, 15) is 9.90 Å². The lowest BCUT2D eigenvalue weighted by atomic mass is 10.1. The van der Waals surface area contributed by atoms with Gasteiger partial charge in [0.25, 0.3) is 5.91 Å². The van der Waals surface area contributed by atoms with Crippen molar-refractivity contribution in [1.29, 1.82) is 0 Å². The molecule has 0 aromatic heterocycles. The summed E-state index contributed by atoms with van der Waals surface area (Å²) in [5.74, 6) is -0.185. The van der Waals surface area contributed by atoms with Gasteiger partial charge in [-0.3, -0.25) is 4.79 Å². The number of carbonyl (C=O) groups excluding carboxylic acids is 1. The third-order valence-corrected chi connectivity index (χ3v) is 3.29. The molecule has 2 aromatic carbocycles. The number of nitrogens with one attached hydrogen (secondary N) is 1. The minimum atomic E-state index is -0.698. The normalized spacial score (nSPS) is 11.8. The van der Waals surface area contributed by atoms with Gasteiger partial charge in [0.1, 0.15) is 0 Å². The molecule has 4 nitrogen and oxygen atoms in total. The number of aliphatic hydroxyl groups is 1. The summed E-state index contributed by atoms with van der Waals surface area (Å²) in [5.41, 5.74) is 2.41. The maximum Gasteiger partial charge on any atom is 0.251 e. The Bertz CT molecular complexity index is 579. The fourth-order valence-electron chi connectivity index (χ4n) is 2.00. The van der Waals surface area contributed by atoms with Crippen molar-refractivity contribution in [2.75, 3.05) is 25.5 Å². The van der Waals surface area contributed by atoms with Gasteiger partial charge >= 0.3 is 0 Å². The molecule has 2 N–H and O–H groups in total. The van der Waals surface area contributed by atoms with E-state index in [0.29, 0.717) is 5.56 Å². The molecule has 2 aromatic rings. The van der Waals surface area contributed by atoms with Crippen LogP contribution in [0.2, 0.25) is 0 Å². The van der Waals surface area contributed by atoms with E-state index in [1.54, 1.807) is 12.1 Å². The van der Waals surface area contributed by atoms with Gasteiger partial charge in [0.05, 0.1) is 6.10 Å². The van der Waals surface area contributed by atoms with Crippen LogP contribution in [0, 0.1) is 0 Å². The fraction of sp³-hybridized carbons (Fsp3) is 0.235. The van der Waals surface area contributed by atoms with E-state index < -0.39 is 6.10 Å². The Kier molecular flexibility index (Phi) is 4.95. The monoisotopic (exact) mass is 284 g/mol. The van der Waals surface area contributed by atoms with Crippen LogP contribution in [0.4, 0.5) is 5.69 Å². The zero-order valence-electron chi connectivity index (χ0n) is 12.3. The summed E-state index contributed by atoms with van der Waals surface area (Å²) < 4.78 is 0. The number of amides is 1. The van der Waals surface area contributed by atoms with Gasteiger partial charge in [0.15, 0.2) is 0 Å². The summed E-state index contributed by atoms with van der Waals surface area (Å²) in [6.45, 7) is 0.193. The fourth-order valence-corrected chi connectivity index (χ4v) is 2.00. The molecular weight excluding hydrogens is 264 g/mol. The minimum Gasteiger partial charge on any atom is -0.387 e. The molecule has 0 saturated carbocycles. The van der Waals surface area contributed by atoms with E-state index in [1.165, 1.54) is 0 Å². The van der Waals surface area contributed by atoms with Crippen LogP contribution in [0.25, 0.3) is 0 Å². The highest BCUT2D eigenvalue weighted by Crippen LogP contribution is 2.13. The third-order valence-electron chi connectivity index (χ3n) is 3.29. The zero-order chi connectivity index (χ0) is 15.2. The molecule has 0 saturated heterocycles. The van der Waals surface area contributed by atoms with Gasteiger partial charge in [-0.2, -0.15) is 0 Å². The van der Waals surface area contributed by atoms with E-state index in [4.69, 9.17) is 0 Å². The Balaban J connectivity index is 1.92. The zero-order valence-corrected chi connectivity index (χ0v) is 12.3. The number of benzene rings is 2. The average Bonchev–Trinajstić information content (AvgIpc) is 2.53. The quantitative estimate of drug-likeness (QED) is 0.885. The van der Waals surface area contributed by atoms with Crippen molar-refractivity contribution in [3.8, 4) is 0 Å². The van der Waals surface area contributed by atoms with E-state index in [1.807, 2.05) is 61.5 Å². The lowest BCUT2D eigenvalue weighted by Crippen LogP contribution is -2.28. The number of rotatable bonds is 5. The van der Waals surface area contributed by atoms with E-state index in [2.05, 4.69) is 5.32 Å². The first kappa shape index (κ1) is 15.1. The van der Waals surface area contributed by atoms with Crippen LogP contribution in [-0.2, 0) is 0 Å². The Labute approximate surface area is 125 Å². The van der Waals surface area contributed by atoms with Crippen LogP contribution in [0.1, 0.15) is 22.0 Å². The first-order chi connectivity index (χ1) is 10.1. The molecule has 0 spiro atoms. The largest absolute Gasteiger partial charge is 0.387 e. The molecule has 0 unspecified atom stereocenters. The van der Waals surface area contributed by atoms with Gasteiger partial charge in [-0.15, -0.1) is 0 Å². The minimum absolute atomic E-state index is 0.185. The van der Waals surface area contributed by atoms with Gasteiger partial charge in [-0.05, 0) is 29.8 Å². The molecule has 0 heterocycles. The molecule has 0 bridgehead atoms. The van der Waals surface area contributed by atoms with Crippen molar-refractivity contribution >= 4 is 11.6 Å². The topological polar surface area (TPSA) is 52.6 Å². The van der Waals surface area contributed by atoms with Crippen molar-refractivity contribution < 1.29 is 9.90 Å². The Morgan fingerprint density at radius 1 is 1.10 bits per heavy atom. The Hall–Kier alpha value is -2.33. The van der Waals surface area contributed by atoms with Crippen molar-refractivity contribution in [2.45, 2.75) is 6.10 Å². The summed E-state index contributed by atoms with van der Waals surface area (Å²) in [6.07, 6.45) is -0.698. The van der Waals surface area contributed by atoms with Crippen LogP contribution in [0.15, 0.2) is 54.6 Å². The van der Waals surface area contributed by atoms with Crippen molar-refractivity contribution in [1.82, 2.24) is 5.32 Å². The molecule has 2 rings (SSSR count). The summed E-state index contributed by atoms with van der Waals surface area (Å²) in [5, 5.41) is 12.8. The molecular formula is C17H20N2O2. The Morgan fingerprint density at radius 2 is 1.71 bits per heavy atom. The van der Waals surface area contributed by atoms with E-state index in [-0.39, 0.29) is 12.5 Å². The van der Waals surface area contributed by atoms with Gasteiger partial charge in [0, 0.05) is 31.9 Å². The van der Waals surface area contributed by atoms with Gasteiger partial charge in [-0.25, -0.2) is 0 Å². The highest BCUT2D eigenvalue weighted by Gasteiger charge is 2.10. The number of carbonyl (C=O) groups is 1. The summed E-state index contributed by atoms with van der Waals surface area (Å²) in [6, 6.07) is 16.6. The molecule has 0 fully saturated rings. The lowest BCUT2D eigenvalue weighted by Gasteiger charge is -2.14. The second kappa shape index (κ2) is 6.90. The van der Waals surface area contributed by atoms with Crippen molar-refractivity contribution in [2.24, 2.45) is 0 Å². The van der Waals surface area contributed by atoms with Crippen molar-refractivity contribution in [3.63, 3.8) is 0 Å². The molecule has 21 heavy (non-hydrogen) atoms. The smallest absolute Gasteiger partial charge is 0.251 e. The van der Waals surface area contributed by atoms with Crippen LogP contribution in [0.3, 0.4) is 0 Å². The SMILES string of the molecule is CN(C)c1ccc(C(=O)NC[C@H](O)c2ccccc2)cc1. The molecule has 0 aliphatic carbocycles. The number of anilines is 1. The first-order valence-corrected chi connectivity index (χ1v) is 6.86. The maximum absolute atomic E-state index is 12.0. The summed E-state index contributed by atoms with van der Waals surface area (Å²) >= 11 is 0. The van der Waals surface area contributed by atoms with E-state index in [0.717, 1.165) is 11.3 Å². The predicted octanol–water partition coefficient (Wildman–Crippen LogP) is 2.22. The Morgan fingerprint density at radius 3 is 2.29 bits per heavy atom. The summed E-state index contributed by atoms with van der Waals surface area (Å²) in [7, 11) is 3.90. The molecule has 1 amide bonds. The lowest BCUT2D eigenvalue weighted by molar-refractivity contribution is 0.0916. The second-order valence-electron chi connectivity index (χ2n) is 5.08. The highest BCUT2D eigenvalue weighted by atomic mass is 16.3. The first-order valence-electron chi connectivity index (χ1n) is 6.86. The van der Waals surface area contributed by atoms with Crippen LogP contribution < -0.4 is 10.2 Å². The standard InChI is InChI=1S/C17H20N2O2/c1-19(2)15-10-8-14(9-11-15)17(21)18-12-16(20)13-6-4-3-5-7-13/h3-11,16,20H,12H2,1-2H3,(H,18,21)/t16-/m0/s1. The maximum atomic E-state index is 12.0.